The molecule has 1 unspecified atom stereocenters. The lowest BCUT2D eigenvalue weighted by Crippen LogP contribution is -2.25. The van der Waals surface area contributed by atoms with Gasteiger partial charge in [-0.15, -0.1) is 0 Å². The number of rotatable bonds is 13. The molecule has 21 aromatic rings. The SMILES string of the molecule is CC1(C)c2cc3c(cc2-c2c(N(c4ccc(-c5cccc(-c6cc(N(c7ccc(-c8ccccc8)cc7)c7ccc(C8C=Cc9c(c%10ccccc%10n9-c9ccccc9)C8)cc7)c7c(c6)C(C)(C)c6cc8c(cc6-7)-c6cccc7cccc(c67)C8(C)C)c5)cc4)c4ccc(-c5ccc6c(c5)c5ccccc5n6-c5ccccc5)cc4)cccc21)-c1c(ccc2ccccc12)C3(C)C. The van der Waals surface area contributed by atoms with Gasteiger partial charge in [0.1, 0.15) is 0 Å². The summed E-state index contributed by atoms with van der Waals surface area (Å²) in [6, 6.07) is 154. The molecule has 0 N–H and O–H groups in total. The fourth-order valence-electron chi connectivity index (χ4n) is 24.1. The van der Waals surface area contributed by atoms with E-state index in [-0.39, 0.29) is 22.2 Å². The third-order valence-electron chi connectivity index (χ3n) is 30.8. The minimum absolute atomic E-state index is 0.172. The molecule has 5 aliphatic rings. The van der Waals surface area contributed by atoms with Crippen LogP contribution < -0.4 is 9.80 Å². The molecule has 132 heavy (non-hydrogen) atoms. The Morgan fingerprint density at radius 2 is 0.689 bits per heavy atom. The van der Waals surface area contributed by atoms with Gasteiger partial charge in [0.05, 0.1) is 27.9 Å². The summed E-state index contributed by atoms with van der Waals surface area (Å²) in [6.45, 7) is 19.6. The standard InChI is InChI=1S/C128H96N4/c1-125(2)107-43-26-32-85-31-25-42-100(121(85)107)101-75-105-113(77-110(101)125)128(7,8)114-73-90(74-120(124(105)114)130(95-59-48-80(49-60-95)79-28-12-9-13-29-79)96-65-54-83(55-66-96)89-58-69-118-103(72-89)99-41-21-23-46-116(99)132(118)92-37-16-11-17-38-92)87-34-24-33-86(70-87)81-50-61-93(62-51-81)129(94-63-52-82(53-64-94)88-57-68-117-102(71-88)98-40-20-22-45-115(98)131(117)91-35-14-10-15-36-91)119-47-27-44-108-123(119)106-76-104-111(78-112(106)126(108,3)4)127(5,6)109-67-56-84-30-18-19-39-97(84)122(104)109/h9-71,73-78,89H,72H2,1-8H3. The van der Waals surface area contributed by atoms with Crippen LogP contribution in [-0.2, 0) is 28.1 Å². The van der Waals surface area contributed by atoms with Crippen LogP contribution in [0.4, 0.5) is 34.1 Å². The van der Waals surface area contributed by atoms with Crippen molar-refractivity contribution < 1.29 is 0 Å². The summed E-state index contributed by atoms with van der Waals surface area (Å²) < 4.78 is 4.84. The van der Waals surface area contributed by atoms with Crippen molar-refractivity contribution in [3.8, 4) is 100 Å². The quantitative estimate of drug-likeness (QED) is 0.114. The third kappa shape index (κ3) is 11.6. The van der Waals surface area contributed by atoms with Crippen LogP contribution in [0, 0.1) is 0 Å². The average Bonchev–Trinajstić information content (AvgIpc) is 1.49. The first kappa shape index (κ1) is 77.5. The zero-order valence-corrected chi connectivity index (χ0v) is 75.4. The molecule has 0 saturated carbocycles. The number of benzene rings is 19. The molecule has 19 aromatic carbocycles. The molecule has 0 spiro atoms. The molecule has 0 aliphatic heterocycles. The van der Waals surface area contributed by atoms with Crippen LogP contribution in [0.25, 0.3) is 161 Å². The Morgan fingerprint density at radius 3 is 1.35 bits per heavy atom. The van der Waals surface area contributed by atoms with Gasteiger partial charge in [0.2, 0.25) is 0 Å². The van der Waals surface area contributed by atoms with Crippen molar-refractivity contribution in [2.24, 2.45) is 0 Å². The summed E-state index contributed by atoms with van der Waals surface area (Å²) >= 11 is 0. The van der Waals surface area contributed by atoms with Crippen LogP contribution in [0.3, 0.4) is 0 Å². The molecule has 1 atom stereocenters. The first-order valence-corrected chi connectivity index (χ1v) is 46.9. The van der Waals surface area contributed by atoms with E-state index in [1.165, 1.54) is 182 Å². The van der Waals surface area contributed by atoms with Gasteiger partial charge in [0.25, 0.3) is 0 Å². The van der Waals surface area contributed by atoms with Crippen LogP contribution in [0.5, 0.6) is 0 Å². The summed E-state index contributed by atoms with van der Waals surface area (Å²) in [7, 11) is 0. The highest BCUT2D eigenvalue weighted by atomic mass is 15.2. The Morgan fingerprint density at radius 1 is 0.250 bits per heavy atom. The van der Waals surface area contributed by atoms with E-state index in [0.29, 0.717) is 0 Å². The second-order valence-corrected chi connectivity index (χ2v) is 39.4. The number of nitrogens with zero attached hydrogens (tertiary/aromatic N) is 4. The molecular weight excluding hydrogens is 1590 g/mol. The van der Waals surface area contributed by atoms with Crippen molar-refractivity contribution in [3.05, 3.63) is 474 Å². The molecule has 0 bridgehead atoms. The van der Waals surface area contributed by atoms with Crippen molar-refractivity contribution in [2.75, 3.05) is 9.80 Å². The number of para-hydroxylation sites is 4. The van der Waals surface area contributed by atoms with E-state index in [1.807, 2.05) is 0 Å². The molecule has 5 aliphatic carbocycles. The Balaban J connectivity index is 0.624. The Labute approximate surface area is 771 Å². The highest BCUT2D eigenvalue weighted by Crippen LogP contribution is 2.63. The number of fused-ring (bicyclic) bond motifs is 19. The maximum Gasteiger partial charge on any atom is 0.0549 e. The van der Waals surface area contributed by atoms with Crippen molar-refractivity contribution in [2.45, 2.75) is 89.4 Å². The van der Waals surface area contributed by atoms with E-state index in [2.05, 4.69) is 493 Å². The topological polar surface area (TPSA) is 16.3 Å². The molecule has 0 fully saturated rings. The van der Waals surface area contributed by atoms with Gasteiger partial charge in [-0.1, -0.05) is 334 Å². The van der Waals surface area contributed by atoms with E-state index in [9.17, 15) is 0 Å². The van der Waals surface area contributed by atoms with E-state index >= 15 is 0 Å². The van der Waals surface area contributed by atoms with Gasteiger partial charge in [-0.2, -0.15) is 0 Å². The Kier molecular flexibility index (Phi) is 17.0. The normalized spacial score (nSPS) is 15.1. The van der Waals surface area contributed by atoms with Crippen LogP contribution in [-0.4, -0.2) is 9.13 Å². The van der Waals surface area contributed by atoms with E-state index < -0.39 is 5.41 Å². The van der Waals surface area contributed by atoms with E-state index in [0.717, 1.165) is 74.0 Å². The van der Waals surface area contributed by atoms with Crippen LogP contribution in [0.1, 0.15) is 123 Å². The maximum atomic E-state index is 2.61. The molecule has 0 amide bonds. The summed E-state index contributed by atoms with van der Waals surface area (Å²) in [6.07, 6.45) is 5.72. The zero-order valence-electron chi connectivity index (χ0n) is 75.4. The Bertz CT molecular complexity index is 8420. The Hall–Kier alpha value is -15.6. The first-order chi connectivity index (χ1) is 64.5. The number of aromatic nitrogens is 2. The van der Waals surface area contributed by atoms with Gasteiger partial charge in [-0.05, 0) is 301 Å². The lowest BCUT2D eigenvalue weighted by Gasteiger charge is -2.36. The van der Waals surface area contributed by atoms with E-state index in [1.54, 1.807) is 0 Å². The average molecular weight is 1690 g/mol. The molecule has 2 heterocycles. The van der Waals surface area contributed by atoms with Crippen molar-refractivity contribution in [1.29, 1.82) is 0 Å². The predicted octanol–water partition coefficient (Wildman–Crippen LogP) is 34.2. The van der Waals surface area contributed by atoms with Gasteiger partial charge in [-0.25, -0.2) is 0 Å². The molecule has 2 aromatic heterocycles. The van der Waals surface area contributed by atoms with Crippen molar-refractivity contribution in [3.63, 3.8) is 0 Å². The minimum atomic E-state index is -0.417. The molecule has 0 radical (unpaired) electrons. The van der Waals surface area contributed by atoms with Gasteiger partial charge < -0.3 is 18.9 Å². The molecule has 26 rings (SSSR count). The van der Waals surface area contributed by atoms with Crippen molar-refractivity contribution in [1.82, 2.24) is 9.13 Å². The third-order valence-corrected chi connectivity index (χ3v) is 30.8. The monoisotopic (exact) mass is 1690 g/mol. The summed E-state index contributed by atoms with van der Waals surface area (Å²) in [5.74, 6) is 0.172. The summed E-state index contributed by atoms with van der Waals surface area (Å²) in [5.41, 5.74) is 46.0. The molecular formula is C128H96N4. The van der Waals surface area contributed by atoms with Crippen molar-refractivity contribution >= 4 is 94.5 Å². The molecule has 628 valence electrons. The van der Waals surface area contributed by atoms with Crippen LogP contribution >= 0.6 is 0 Å². The summed E-state index contributed by atoms with van der Waals surface area (Å²) in [4.78, 5) is 5.12. The van der Waals surface area contributed by atoms with Gasteiger partial charge in [-0.3, -0.25) is 0 Å². The zero-order chi connectivity index (χ0) is 88.4. The van der Waals surface area contributed by atoms with Gasteiger partial charge in [0, 0.05) is 94.7 Å². The molecule has 4 nitrogen and oxygen atoms in total. The molecule has 4 heteroatoms. The number of hydrogen-bond acceptors (Lipinski definition) is 2. The number of allylic oxidation sites excluding steroid dienone is 1. The first-order valence-electron chi connectivity index (χ1n) is 46.9. The lowest BCUT2D eigenvalue weighted by atomic mass is 9.67. The molecule has 0 saturated heterocycles. The second kappa shape index (κ2) is 28.9. The van der Waals surface area contributed by atoms with Crippen LogP contribution in [0.2, 0.25) is 0 Å². The number of anilines is 6. The highest BCUT2D eigenvalue weighted by Gasteiger charge is 2.46. The fraction of sp³-hybridized carbons (Fsp3) is 0.109. The lowest BCUT2D eigenvalue weighted by molar-refractivity contribution is 0.629. The number of hydrogen-bond donors (Lipinski definition) is 0. The van der Waals surface area contributed by atoms with E-state index in [4.69, 9.17) is 0 Å². The minimum Gasteiger partial charge on any atom is -0.310 e. The fourth-order valence-corrected chi connectivity index (χ4v) is 24.1. The van der Waals surface area contributed by atoms with Gasteiger partial charge >= 0.3 is 0 Å². The largest absolute Gasteiger partial charge is 0.310 e. The maximum absolute atomic E-state index is 2.61. The van der Waals surface area contributed by atoms with Crippen LogP contribution in [0.15, 0.2) is 413 Å². The predicted molar refractivity (Wildman–Crippen MR) is 556 cm³/mol. The van der Waals surface area contributed by atoms with Gasteiger partial charge in [0.15, 0.2) is 0 Å². The second-order valence-electron chi connectivity index (χ2n) is 39.4. The summed E-state index contributed by atoms with van der Waals surface area (Å²) in [5, 5.41) is 8.99. The highest BCUT2D eigenvalue weighted by molar-refractivity contribution is 6.12. The smallest absolute Gasteiger partial charge is 0.0549 e.